The van der Waals surface area contributed by atoms with Crippen molar-refractivity contribution in [3.63, 3.8) is 0 Å². The van der Waals surface area contributed by atoms with Crippen LogP contribution in [0.4, 0.5) is 11.6 Å². The monoisotopic (exact) mass is 345 g/mol. The minimum Gasteiger partial charge on any atom is -0.384 e. The van der Waals surface area contributed by atoms with E-state index >= 15 is 0 Å². The van der Waals surface area contributed by atoms with Crippen LogP contribution in [0.25, 0.3) is 0 Å². The summed E-state index contributed by atoms with van der Waals surface area (Å²) in [5, 5.41) is 3.09. The summed E-state index contributed by atoms with van der Waals surface area (Å²) >= 11 is 0. The maximum absolute atomic E-state index is 12.5. The number of carbonyl (C=O) groups excluding carboxylic acids is 1. The number of nitrogen functional groups attached to an aromatic ring is 1. The van der Waals surface area contributed by atoms with Gasteiger partial charge in [-0.05, 0) is 39.0 Å². The van der Waals surface area contributed by atoms with Crippen molar-refractivity contribution in [2.45, 2.75) is 51.2 Å². The number of aromatic nitrogens is 2. The van der Waals surface area contributed by atoms with Crippen LogP contribution in [-0.2, 0) is 9.53 Å². The highest BCUT2D eigenvalue weighted by Crippen LogP contribution is 2.28. The van der Waals surface area contributed by atoms with Gasteiger partial charge in [-0.2, -0.15) is 0 Å². The Morgan fingerprint density at radius 1 is 1.40 bits per heavy atom. The third-order valence-corrected chi connectivity index (χ3v) is 5.25. The van der Waals surface area contributed by atoms with E-state index in [9.17, 15) is 4.79 Å². The number of nitrogens with zero attached hydrogens (tertiary/aromatic N) is 3. The third kappa shape index (κ3) is 4.10. The molecule has 0 radical (unpaired) electrons. The van der Waals surface area contributed by atoms with Gasteiger partial charge >= 0.3 is 0 Å². The Morgan fingerprint density at radius 2 is 2.16 bits per heavy atom. The van der Waals surface area contributed by atoms with Gasteiger partial charge < -0.3 is 20.7 Å². The first-order valence-corrected chi connectivity index (χ1v) is 8.92. The van der Waals surface area contributed by atoms with E-state index in [0.29, 0.717) is 12.4 Å². The Hall–Kier alpha value is -2.15. The summed E-state index contributed by atoms with van der Waals surface area (Å²) in [5.41, 5.74) is 7.98. The summed E-state index contributed by atoms with van der Waals surface area (Å²) in [6.45, 7) is 3.23. The van der Waals surface area contributed by atoms with Crippen molar-refractivity contribution in [1.82, 2.24) is 15.3 Å². The molecule has 1 saturated carbocycles. The maximum atomic E-state index is 12.5. The third-order valence-electron chi connectivity index (χ3n) is 5.25. The minimum absolute atomic E-state index is 0.0416. The van der Waals surface area contributed by atoms with E-state index in [1.54, 1.807) is 13.2 Å². The second kappa shape index (κ2) is 7.82. The highest BCUT2D eigenvalue weighted by Gasteiger charge is 2.33. The smallest absolute Gasteiger partial charge is 0.246 e. The minimum atomic E-state index is 0.0416. The Morgan fingerprint density at radius 3 is 2.84 bits per heavy atom. The van der Waals surface area contributed by atoms with Gasteiger partial charge in [0.05, 0.1) is 12.1 Å². The van der Waals surface area contributed by atoms with Gasteiger partial charge in [0.15, 0.2) is 0 Å². The molecule has 0 aromatic carbocycles. The van der Waals surface area contributed by atoms with Crippen LogP contribution >= 0.6 is 0 Å². The predicted molar refractivity (Wildman–Crippen MR) is 97.2 cm³/mol. The number of allylic oxidation sites excluding steroid dienone is 1. The van der Waals surface area contributed by atoms with E-state index < -0.39 is 0 Å². The maximum Gasteiger partial charge on any atom is 0.246 e. The van der Waals surface area contributed by atoms with Gasteiger partial charge in [-0.1, -0.05) is 5.57 Å². The Kier molecular flexibility index (Phi) is 5.53. The molecule has 1 aliphatic heterocycles. The van der Waals surface area contributed by atoms with Crippen LogP contribution in [0.3, 0.4) is 0 Å². The topological polar surface area (TPSA) is 93.4 Å². The summed E-state index contributed by atoms with van der Waals surface area (Å²) in [4.78, 5) is 22.9. The number of hydrogen-bond donors (Lipinski definition) is 2. The van der Waals surface area contributed by atoms with Crippen LogP contribution in [0.1, 0.15) is 39.0 Å². The molecule has 0 bridgehead atoms. The fraction of sp³-hybridized carbons (Fsp3) is 0.611. The summed E-state index contributed by atoms with van der Waals surface area (Å²) in [7, 11) is 1.72. The molecule has 2 aliphatic rings. The van der Waals surface area contributed by atoms with Crippen LogP contribution in [-0.4, -0.2) is 48.2 Å². The van der Waals surface area contributed by atoms with Gasteiger partial charge in [-0.3, -0.25) is 4.79 Å². The van der Waals surface area contributed by atoms with Crippen molar-refractivity contribution < 1.29 is 9.53 Å². The molecule has 3 rings (SSSR count). The molecule has 1 aliphatic carbocycles. The molecule has 1 amide bonds. The van der Waals surface area contributed by atoms with Crippen LogP contribution in [0.2, 0.25) is 0 Å². The van der Waals surface area contributed by atoms with Crippen LogP contribution in [0.15, 0.2) is 23.5 Å². The highest BCUT2D eigenvalue weighted by molar-refractivity contribution is 5.93. The van der Waals surface area contributed by atoms with Crippen molar-refractivity contribution in [2.75, 3.05) is 30.8 Å². The SMILES string of the molecule is CO[C@@H]1C[C@H](CNC(=O)C(C)=C2CCCC2)N(c2cc(N)ncn2)C1. The van der Waals surface area contributed by atoms with E-state index in [4.69, 9.17) is 10.5 Å². The lowest BCUT2D eigenvalue weighted by molar-refractivity contribution is -0.117. The van der Waals surface area contributed by atoms with Crippen molar-refractivity contribution in [3.05, 3.63) is 23.5 Å². The van der Waals surface area contributed by atoms with E-state index in [1.807, 2.05) is 6.92 Å². The Labute approximate surface area is 148 Å². The number of nitrogens with one attached hydrogen (secondary N) is 1. The van der Waals surface area contributed by atoms with Crippen molar-refractivity contribution >= 4 is 17.5 Å². The molecule has 1 saturated heterocycles. The molecule has 1 aromatic rings. The zero-order chi connectivity index (χ0) is 17.8. The van der Waals surface area contributed by atoms with Gasteiger partial charge in [0.1, 0.15) is 18.0 Å². The first-order valence-electron chi connectivity index (χ1n) is 8.92. The molecule has 0 unspecified atom stereocenters. The average Bonchev–Trinajstić information content (AvgIpc) is 3.28. The number of carbonyl (C=O) groups is 1. The lowest BCUT2D eigenvalue weighted by Gasteiger charge is -2.25. The molecule has 2 heterocycles. The fourth-order valence-corrected chi connectivity index (χ4v) is 3.72. The molecule has 2 atom stereocenters. The first kappa shape index (κ1) is 17.7. The molecular formula is C18H27N5O2. The largest absolute Gasteiger partial charge is 0.384 e. The summed E-state index contributed by atoms with van der Waals surface area (Å²) in [6.07, 6.45) is 6.93. The quantitative estimate of drug-likeness (QED) is 0.788. The van der Waals surface area contributed by atoms with Crippen LogP contribution in [0.5, 0.6) is 0 Å². The lowest BCUT2D eigenvalue weighted by Crippen LogP contribution is -2.41. The number of nitrogens with two attached hydrogens (primary N) is 1. The summed E-state index contributed by atoms with van der Waals surface area (Å²) < 4.78 is 5.52. The molecule has 136 valence electrons. The zero-order valence-electron chi connectivity index (χ0n) is 15.0. The van der Waals surface area contributed by atoms with Gasteiger partial charge in [-0.25, -0.2) is 9.97 Å². The van der Waals surface area contributed by atoms with Crippen LogP contribution < -0.4 is 16.0 Å². The van der Waals surface area contributed by atoms with Crippen molar-refractivity contribution in [3.8, 4) is 0 Å². The molecule has 0 spiro atoms. The normalized spacial score (nSPS) is 23.1. The predicted octanol–water partition coefficient (Wildman–Crippen LogP) is 1.66. The number of amides is 1. The fourth-order valence-electron chi connectivity index (χ4n) is 3.72. The van der Waals surface area contributed by atoms with E-state index in [1.165, 1.54) is 24.7 Å². The molecule has 7 nitrogen and oxygen atoms in total. The standard InChI is InChI=1S/C18H27N5O2/c1-12(13-5-3-4-6-13)18(24)20-9-14-7-15(25-2)10-23(14)17-8-16(19)21-11-22-17/h8,11,14-15H,3-7,9-10H2,1-2H3,(H,20,24)(H2,19,21,22)/t14-,15-/m1/s1. The van der Waals surface area contributed by atoms with Crippen LogP contribution in [0, 0.1) is 0 Å². The Balaban J connectivity index is 1.66. The second-order valence-electron chi connectivity index (χ2n) is 6.85. The number of anilines is 2. The first-order chi connectivity index (χ1) is 12.1. The molecule has 1 aromatic heterocycles. The average molecular weight is 345 g/mol. The van der Waals surface area contributed by atoms with Gasteiger partial charge in [-0.15, -0.1) is 0 Å². The molecule has 2 fully saturated rings. The molecular weight excluding hydrogens is 318 g/mol. The lowest BCUT2D eigenvalue weighted by atomic mass is 10.1. The zero-order valence-corrected chi connectivity index (χ0v) is 15.0. The van der Waals surface area contributed by atoms with Gasteiger partial charge in [0, 0.05) is 31.8 Å². The summed E-state index contributed by atoms with van der Waals surface area (Å²) in [5.74, 6) is 1.26. The Bertz CT molecular complexity index is 653. The van der Waals surface area contributed by atoms with Crippen molar-refractivity contribution in [1.29, 1.82) is 0 Å². The number of rotatable bonds is 5. The van der Waals surface area contributed by atoms with Crippen molar-refractivity contribution in [2.24, 2.45) is 0 Å². The molecule has 3 N–H and O–H groups in total. The van der Waals surface area contributed by atoms with E-state index in [2.05, 4.69) is 20.2 Å². The van der Waals surface area contributed by atoms with Gasteiger partial charge in [0.25, 0.3) is 0 Å². The summed E-state index contributed by atoms with van der Waals surface area (Å²) in [6, 6.07) is 1.89. The number of methoxy groups -OCH3 is 1. The number of ether oxygens (including phenoxy) is 1. The molecule has 7 heteroatoms. The highest BCUT2D eigenvalue weighted by atomic mass is 16.5. The molecule has 25 heavy (non-hydrogen) atoms. The number of hydrogen-bond acceptors (Lipinski definition) is 6. The second-order valence-corrected chi connectivity index (χ2v) is 6.85. The van der Waals surface area contributed by atoms with E-state index in [-0.39, 0.29) is 18.1 Å². The van der Waals surface area contributed by atoms with E-state index in [0.717, 1.165) is 37.2 Å². The van der Waals surface area contributed by atoms with Gasteiger partial charge in [0.2, 0.25) is 5.91 Å².